The van der Waals surface area contributed by atoms with Gasteiger partial charge >= 0.3 is 11.9 Å². The maximum atomic E-state index is 13.2. The molecule has 1 unspecified atom stereocenters. The first-order valence-electron chi connectivity index (χ1n) is 8.72. The largest absolute Gasteiger partial charge is 0.469 e. The topological polar surface area (TPSA) is 90.0 Å². The number of hydrogen-bond acceptors (Lipinski definition) is 6. The van der Waals surface area contributed by atoms with Crippen LogP contribution in [0.5, 0.6) is 0 Å². The maximum absolute atomic E-state index is 13.2. The van der Waals surface area contributed by atoms with Crippen LogP contribution < -0.4 is 0 Å². The second-order valence-corrected chi connectivity index (χ2v) is 6.28. The zero-order chi connectivity index (χ0) is 19.9. The Bertz CT molecular complexity index is 729. The van der Waals surface area contributed by atoms with Crippen molar-refractivity contribution < 1.29 is 28.7 Å². The van der Waals surface area contributed by atoms with Crippen molar-refractivity contribution in [2.45, 2.75) is 25.7 Å². The molecule has 0 radical (unpaired) electrons. The summed E-state index contributed by atoms with van der Waals surface area (Å²) >= 11 is 0. The lowest BCUT2D eigenvalue weighted by molar-refractivity contribution is -0.167. The number of esters is 2. The molecule has 1 heterocycles. The van der Waals surface area contributed by atoms with Crippen molar-refractivity contribution in [2.24, 2.45) is 5.41 Å². The van der Waals surface area contributed by atoms with Crippen molar-refractivity contribution in [1.82, 2.24) is 4.90 Å². The average Bonchev–Trinajstić information content (AvgIpc) is 2.71. The highest BCUT2D eigenvalue weighted by Gasteiger charge is 2.52. The Morgan fingerprint density at radius 2 is 1.96 bits per heavy atom. The molecule has 1 aliphatic rings. The predicted octanol–water partition coefficient (Wildman–Crippen LogP) is 2.12. The van der Waals surface area contributed by atoms with Gasteiger partial charge < -0.3 is 9.47 Å². The minimum Gasteiger partial charge on any atom is -0.469 e. The van der Waals surface area contributed by atoms with E-state index in [0.717, 1.165) is 4.90 Å². The molecule has 0 aromatic heterocycles. The van der Waals surface area contributed by atoms with Crippen LogP contribution in [0.25, 0.3) is 0 Å². The number of piperidine rings is 1. The molecule has 0 bridgehead atoms. The summed E-state index contributed by atoms with van der Waals surface area (Å²) in [5.41, 5.74) is -1.23. The average molecular weight is 373 g/mol. The third-order valence-corrected chi connectivity index (χ3v) is 4.61. The first-order valence-corrected chi connectivity index (χ1v) is 8.72. The highest BCUT2D eigenvalue weighted by Crippen LogP contribution is 2.38. The molecule has 1 saturated heterocycles. The number of carbonyl (C=O) groups is 4. The van der Waals surface area contributed by atoms with E-state index >= 15 is 0 Å². The van der Waals surface area contributed by atoms with Gasteiger partial charge in [-0.15, -0.1) is 0 Å². The van der Waals surface area contributed by atoms with Crippen LogP contribution in [0.15, 0.2) is 43.0 Å². The lowest BCUT2D eigenvalue weighted by atomic mass is 9.75. The van der Waals surface area contributed by atoms with Crippen molar-refractivity contribution >= 4 is 23.8 Å². The molecule has 27 heavy (non-hydrogen) atoms. The molecular formula is C20H23NO6. The molecule has 2 rings (SSSR count). The van der Waals surface area contributed by atoms with Gasteiger partial charge in [0.05, 0.1) is 7.11 Å². The second kappa shape index (κ2) is 9.12. The highest BCUT2D eigenvalue weighted by molar-refractivity contribution is 6.13. The molecule has 1 fully saturated rings. The van der Waals surface area contributed by atoms with Crippen LogP contribution in [-0.4, -0.2) is 48.9 Å². The van der Waals surface area contributed by atoms with Gasteiger partial charge in [-0.05, 0) is 31.4 Å². The van der Waals surface area contributed by atoms with Crippen LogP contribution in [0.3, 0.4) is 0 Å². The summed E-state index contributed by atoms with van der Waals surface area (Å²) in [6, 6.07) is 8.38. The summed E-state index contributed by atoms with van der Waals surface area (Å²) in [5.74, 6) is -2.40. The molecule has 2 amide bonds. The van der Waals surface area contributed by atoms with Crippen molar-refractivity contribution in [1.29, 1.82) is 0 Å². The maximum Gasteiger partial charge on any atom is 0.321 e. The van der Waals surface area contributed by atoms with E-state index in [-0.39, 0.29) is 32.4 Å². The smallest absolute Gasteiger partial charge is 0.321 e. The Balaban J connectivity index is 2.32. The number of hydrogen-bond donors (Lipinski definition) is 0. The minimum atomic E-state index is -1.58. The Morgan fingerprint density at radius 1 is 1.26 bits per heavy atom. The summed E-state index contributed by atoms with van der Waals surface area (Å²) in [6.45, 7) is 3.64. The van der Waals surface area contributed by atoms with Gasteiger partial charge in [0.2, 0.25) is 5.91 Å². The molecule has 0 spiro atoms. The monoisotopic (exact) mass is 373 g/mol. The van der Waals surface area contributed by atoms with E-state index in [1.165, 1.54) is 13.2 Å². The van der Waals surface area contributed by atoms with Crippen molar-refractivity contribution in [3.8, 4) is 0 Å². The zero-order valence-corrected chi connectivity index (χ0v) is 15.3. The number of carbonyl (C=O) groups excluding carboxylic acids is 4. The fourth-order valence-corrected chi connectivity index (χ4v) is 3.15. The van der Waals surface area contributed by atoms with Gasteiger partial charge in [-0.1, -0.05) is 30.9 Å². The van der Waals surface area contributed by atoms with Gasteiger partial charge in [-0.2, -0.15) is 0 Å². The quantitative estimate of drug-likeness (QED) is 0.315. The lowest BCUT2D eigenvalue weighted by Crippen LogP contribution is -2.55. The number of amides is 2. The highest BCUT2D eigenvalue weighted by atomic mass is 16.5. The Hall–Kier alpha value is -2.96. The fourth-order valence-electron chi connectivity index (χ4n) is 3.15. The molecular weight excluding hydrogens is 350 g/mol. The van der Waals surface area contributed by atoms with Gasteiger partial charge in [-0.3, -0.25) is 24.1 Å². The molecule has 1 aromatic carbocycles. The van der Waals surface area contributed by atoms with Crippen LogP contribution in [0.1, 0.15) is 36.0 Å². The number of nitrogens with zero attached hydrogens (tertiary/aromatic N) is 1. The minimum absolute atomic E-state index is 0.0568. The first-order chi connectivity index (χ1) is 13.0. The van der Waals surface area contributed by atoms with E-state index in [1.54, 1.807) is 30.3 Å². The Labute approximate surface area is 157 Å². The molecule has 1 aromatic rings. The summed E-state index contributed by atoms with van der Waals surface area (Å²) in [6.07, 6.45) is 1.84. The van der Waals surface area contributed by atoms with Crippen molar-refractivity contribution in [3.63, 3.8) is 0 Å². The number of imide groups is 1. The molecule has 0 aliphatic carbocycles. The first kappa shape index (κ1) is 20.4. The fraction of sp³-hybridized carbons (Fsp3) is 0.400. The lowest BCUT2D eigenvalue weighted by Gasteiger charge is -2.38. The normalized spacial score (nSPS) is 19.3. The van der Waals surface area contributed by atoms with Gasteiger partial charge in [-0.25, -0.2) is 0 Å². The van der Waals surface area contributed by atoms with Crippen LogP contribution in [0.4, 0.5) is 0 Å². The second-order valence-electron chi connectivity index (χ2n) is 6.28. The summed E-state index contributed by atoms with van der Waals surface area (Å²) in [4.78, 5) is 51.4. The Kier molecular flexibility index (Phi) is 6.87. The SMILES string of the molecule is C=CCOC(=O)C1(CCC(=O)OC)CCCN(C(=O)c2ccccc2)C1=O. The number of ether oxygens (including phenoxy) is 2. The van der Waals surface area contributed by atoms with E-state index in [1.807, 2.05) is 0 Å². The molecule has 1 atom stereocenters. The third-order valence-electron chi connectivity index (χ3n) is 4.61. The molecule has 144 valence electrons. The summed E-state index contributed by atoms with van der Waals surface area (Å²) in [7, 11) is 1.24. The van der Waals surface area contributed by atoms with Crippen LogP contribution >= 0.6 is 0 Å². The molecule has 0 saturated carbocycles. The zero-order valence-electron chi connectivity index (χ0n) is 15.3. The van der Waals surface area contributed by atoms with E-state index in [2.05, 4.69) is 11.3 Å². The molecule has 7 heteroatoms. The molecule has 7 nitrogen and oxygen atoms in total. The van der Waals surface area contributed by atoms with E-state index < -0.39 is 29.2 Å². The standard InChI is InChI=1S/C20H23NO6/c1-3-14-27-19(25)20(12-10-16(22)26-2)11-7-13-21(18(20)24)17(23)15-8-5-4-6-9-15/h3-6,8-9H,1,7,10-14H2,2H3. The van der Waals surface area contributed by atoms with E-state index in [0.29, 0.717) is 12.0 Å². The number of benzene rings is 1. The van der Waals surface area contributed by atoms with Crippen molar-refractivity contribution in [3.05, 3.63) is 48.6 Å². The predicted molar refractivity (Wildman–Crippen MR) is 96.6 cm³/mol. The van der Waals surface area contributed by atoms with Gasteiger partial charge in [0.15, 0.2) is 0 Å². The van der Waals surface area contributed by atoms with Gasteiger partial charge in [0.25, 0.3) is 5.91 Å². The van der Waals surface area contributed by atoms with E-state index in [4.69, 9.17) is 4.74 Å². The summed E-state index contributed by atoms with van der Waals surface area (Å²) in [5, 5.41) is 0. The Morgan fingerprint density at radius 3 is 2.59 bits per heavy atom. The molecule has 1 aliphatic heterocycles. The van der Waals surface area contributed by atoms with Crippen LogP contribution in [-0.2, 0) is 23.9 Å². The molecule has 0 N–H and O–H groups in total. The third kappa shape index (κ3) is 4.42. The van der Waals surface area contributed by atoms with Gasteiger partial charge in [0, 0.05) is 18.5 Å². The number of likely N-dealkylation sites (tertiary alicyclic amines) is 1. The van der Waals surface area contributed by atoms with Crippen LogP contribution in [0, 0.1) is 5.41 Å². The van der Waals surface area contributed by atoms with Crippen LogP contribution in [0.2, 0.25) is 0 Å². The number of rotatable bonds is 7. The number of methoxy groups -OCH3 is 1. The van der Waals surface area contributed by atoms with E-state index in [9.17, 15) is 19.2 Å². The van der Waals surface area contributed by atoms with Gasteiger partial charge in [0.1, 0.15) is 12.0 Å². The summed E-state index contributed by atoms with van der Waals surface area (Å²) < 4.78 is 9.76. The van der Waals surface area contributed by atoms with Crippen molar-refractivity contribution in [2.75, 3.05) is 20.3 Å².